The highest BCUT2D eigenvalue weighted by atomic mass is 79.9. The van der Waals surface area contributed by atoms with Crippen LogP contribution in [0.5, 0.6) is 0 Å². The summed E-state index contributed by atoms with van der Waals surface area (Å²) in [5, 5.41) is 6.26. The van der Waals surface area contributed by atoms with Crippen molar-refractivity contribution in [2.45, 2.75) is 31.0 Å². The van der Waals surface area contributed by atoms with Gasteiger partial charge in [0.15, 0.2) is 5.69 Å². The van der Waals surface area contributed by atoms with Crippen LogP contribution >= 0.6 is 15.9 Å². The second kappa shape index (κ2) is 8.02. The number of nitrogens with zero attached hydrogens (tertiary/aromatic N) is 2. The van der Waals surface area contributed by atoms with Crippen molar-refractivity contribution in [3.8, 4) is 0 Å². The minimum Gasteiger partial charge on any atom is -0.381 e. The Kier molecular flexibility index (Phi) is 5.90. The molecule has 1 fully saturated rings. The van der Waals surface area contributed by atoms with E-state index in [-0.39, 0.29) is 17.9 Å². The highest BCUT2D eigenvalue weighted by Gasteiger charge is 2.35. The van der Waals surface area contributed by atoms with E-state index in [4.69, 9.17) is 4.74 Å². The summed E-state index contributed by atoms with van der Waals surface area (Å²) in [7, 11) is 0. The van der Waals surface area contributed by atoms with Gasteiger partial charge in [-0.2, -0.15) is 18.3 Å². The Morgan fingerprint density at radius 2 is 2.04 bits per heavy atom. The maximum atomic E-state index is 12.6. The number of nitrogens with one attached hydrogen (secondary N) is 1. The Morgan fingerprint density at radius 1 is 1.30 bits per heavy atom. The summed E-state index contributed by atoms with van der Waals surface area (Å²) in [6.45, 7) is 1.31. The van der Waals surface area contributed by atoms with Gasteiger partial charge in [-0.05, 0) is 36.6 Å². The second-order valence-electron chi connectivity index (χ2n) is 6.58. The molecule has 9 heteroatoms. The highest BCUT2D eigenvalue weighted by Crippen LogP contribution is 2.35. The van der Waals surface area contributed by atoms with Crippen molar-refractivity contribution in [1.29, 1.82) is 0 Å². The van der Waals surface area contributed by atoms with Crippen LogP contribution in [0.3, 0.4) is 0 Å². The normalized spacial score (nSPS) is 16.9. The molecule has 1 N–H and O–H groups in total. The average Bonchev–Trinajstić information content (AvgIpc) is 3.10. The molecule has 1 aromatic heterocycles. The van der Waals surface area contributed by atoms with Crippen molar-refractivity contribution in [1.82, 2.24) is 15.1 Å². The van der Waals surface area contributed by atoms with Crippen LogP contribution in [0, 0.1) is 0 Å². The summed E-state index contributed by atoms with van der Waals surface area (Å²) in [4.78, 5) is 12.3. The third-order valence-corrected chi connectivity index (χ3v) is 5.24. The van der Waals surface area contributed by atoms with E-state index in [0.717, 1.165) is 39.8 Å². The predicted octanol–water partition coefficient (Wildman–Crippen LogP) is 3.53. The first-order valence-corrected chi connectivity index (χ1v) is 9.29. The molecule has 0 atom stereocenters. The predicted molar refractivity (Wildman–Crippen MR) is 96.1 cm³/mol. The van der Waals surface area contributed by atoms with Gasteiger partial charge >= 0.3 is 6.18 Å². The van der Waals surface area contributed by atoms with Crippen molar-refractivity contribution < 1.29 is 22.7 Å². The van der Waals surface area contributed by atoms with E-state index >= 15 is 0 Å². The van der Waals surface area contributed by atoms with Gasteiger partial charge in [-0.1, -0.05) is 28.1 Å². The van der Waals surface area contributed by atoms with Crippen LogP contribution in [0.15, 0.2) is 41.0 Å². The summed E-state index contributed by atoms with van der Waals surface area (Å²) in [6.07, 6.45) is -1.86. The van der Waals surface area contributed by atoms with Crippen LogP contribution in [-0.2, 0) is 27.7 Å². The van der Waals surface area contributed by atoms with Crippen molar-refractivity contribution >= 4 is 21.8 Å². The molecule has 1 amide bonds. The number of hydrogen-bond acceptors (Lipinski definition) is 3. The molecular weight excluding hydrogens is 427 g/mol. The standard InChI is InChI=1S/C18H19BrF3N3O2/c19-14-3-1-2-13(10-14)17(5-8-27-9-6-17)12-23-16(26)11-25-7-4-15(24-25)18(20,21)22/h1-4,7,10H,5-6,8-9,11-12H2,(H,23,26). The monoisotopic (exact) mass is 445 g/mol. The zero-order valence-corrected chi connectivity index (χ0v) is 16.0. The van der Waals surface area contributed by atoms with Crippen LogP contribution in [0.1, 0.15) is 24.1 Å². The van der Waals surface area contributed by atoms with Crippen molar-refractivity contribution in [2.24, 2.45) is 0 Å². The minimum atomic E-state index is -4.52. The lowest BCUT2D eigenvalue weighted by atomic mass is 9.74. The third-order valence-electron chi connectivity index (χ3n) is 4.75. The van der Waals surface area contributed by atoms with E-state index < -0.39 is 11.9 Å². The topological polar surface area (TPSA) is 56.2 Å². The minimum absolute atomic E-state index is 0.263. The van der Waals surface area contributed by atoms with Crippen molar-refractivity contribution in [3.05, 3.63) is 52.3 Å². The lowest BCUT2D eigenvalue weighted by molar-refractivity contribution is -0.141. The first-order chi connectivity index (χ1) is 12.8. The molecule has 27 heavy (non-hydrogen) atoms. The lowest BCUT2D eigenvalue weighted by Crippen LogP contribution is -2.45. The van der Waals surface area contributed by atoms with Gasteiger partial charge in [0.05, 0.1) is 0 Å². The highest BCUT2D eigenvalue weighted by molar-refractivity contribution is 9.10. The molecule has 2 heterocycles. The number of ether oxygens (including phenoxy) is 1. The molecule has 5 nitrogen and oxygen atoms in total. The molecular formula is C18H19BrF3N3O2. The van der Waals surface area contributed by atoms with Crippen LogP contribution in [0.25, 0.3) is 0 Å². The Morgan fingerprint density at radius 3 is 2.67 bits per heavy atom. The van der Waals surface area contributed by atoms with Gasteiger partial charge in [-0.15, -0.1) is 0 Å². The first-order valence-electron chi connectivity index (χ1n) is 8.50. The molecule has 0 spiro atoms. The van der Waals surface area contributed by atoms with Gasteiger partial charge < -0.3 is 10.1 Å². The van der Waals surface area contributed by atoms with E-state index in [1.165, 1.54) is 0 Å². The number of alkyl halides is 3. The SMILES string of the molecule is O=C(Cn1ccc(C(F)(F)F)n1)NCC1(c2cccc(Br)c2)CCOCC1. The van der Waals surface area contributed by atoms with E-state index in [2.05, 4.69) is 26.3 Å². The van der Waals surface area contributed by atoms with Crippen LogP contribution in [0.2, 0.25) is 0 Å². The van der Waals surface area contributed by atoms with Crippen LogP contribution in [0.4, 0.5) is 13.2 Å². The quantitative estimate of drug-likeness (QED) is 0.765. The number of aromatic nitrogens is 2. The number of carbonyl (C=O) groups is 1. The van der Waals surface area contributed by atoms with Crippen LogP contribution in [-0.4, -0.2) is 35.4 Å². The van der Waals surface area contributed by atoms with Crippen LogP contribution < -0.4 is 5.32 Å². The van der Waals surface area contributed by atoms with Gasteiger partial charge in [0.2, 0.25) is 5.91 Å². The van der Waals surface area contributed by atoms with Gasteiger partial charge in [-0.3, -0.25) is 9.48 Å². The molecule has 0 unspecified atom stereocenters. The second-order valence-corrected chi connectivity index (χ2v) is 7.49. The van der Waals surface area contributed by atoms with Gasteiger partial charge in [0, 0.05) is 35.8 Å². The molecule has 0 bridgehead atoms. The summed E-state index contributed by atoms with van der Waals surface area (Å²) in [5.41, 5.74) is -0.178. The molecule has 0 saturated carbocycles. The number of carbonyl (C=O) groups excluding carboxylic acids is 1. The van der Waals surface area contributed by atoms with Crippen molar-refractivity contribution in [3.63, 3.8) is 0 Å². The smallest absolute Gasteiger partial charge is 0.381 e. The molecule has 1 aliphatic rings. The third kappa shape index (κ3) is 4.90. The maximum Gasteiger partial charge on any atom is 0.435 e. The van der Waals surface area contributed by atoms with E-state index in [1.54, 1.807) is 0 Å². The molecule has 1 aromatic carbocycles. The Balaban J connectivity index is 1.67. The Labute approximate surface area is 163 Å². The molecule has 1 aliphatic heterocycles. The number of benzene rings is 1. The fourth-order valence-electron chi connectivity index (χ4n) is 3.22. The summed E-state index contributed by atoms with van der Waals surface area (Å²) >= 11 is 3.47. The van der Waals surface area contributed by atoms with Gasteiger partial charge in [0.25, 0.3) is 0 Å². The number of halogens is 4. The number of hydrogen-bond donors (Lipinski definition) is 1. The molecule has 3 rings (SSSR count). The molecule has 1 saturated heterocycles. The molecule has 0 radical (unpaired) electrons. The zero-order chi connectivity index (χ0) is 19.5. The zero-order valence-electron chi connectivity index (χ0n) is 14.4. The Hall–Kier alpha value is -1.87. The van der Waals surface area contributed by atoms with E-state index in [1.807, 2.05) is 24.3 Å². The Bertz CT molecular complexity index is 801. The first kappa shape index (κ1) is 19.9. The molecule has 2 aromatic rings. The fourth-order valence-corrected chi connectivity index (χ4v) is 3.62. The van der Waals surface area contributed by atoms with Gasteiger partial charge in [0.1, 0.15) is 6.54 Å². The lowest BCUT2D eigenvalue weighted by Gasteiger charge is -2.38. The summed E-state index contributed by atoms with van der Waals surface area (Å²) < 4.78 is 45.2. The van der Waals surface area contributed by atoms with E-state index in [9.17, 15) is 18.0 Å². The van der Waals surface area contributed by atoms with Gasteiger partial charge in [-0.25, -0.2) is 0 Å². The van der Waals surface area contributed by atoms with E-state index in [0.29, 0.717) is 19.8 Å². The summed E-state index contributed by atoms with van der Waals surface area (Å²) in [5.74, 6) is -0.382. The molecule has 0 aliphatic carbocycles. The number of rotatable bonds is 5. The fraction of sp³-hybridized carbons (Fsp3) is 0.444. The molecule has 146 valence electrons. The number of amides is 1. The average molecular weight is 446 g/mol. The largest absolute Gasteiger partial charge is 0.435 e. The summed E-state index contributed by atoms with van der Waals surface area (Å²) in [6, 6.07) is 8.78. The maximum absolute atomic E-state index is 12.6. The van der Waals surface area contributed by atoms with Crippen molar-refractivity contribution in [2.75, 3.05) is 19.8 Å².